The lowest BCUT2D eigenvalue weighted by Gasteiger charge is -2.24. The Morgan fingerprint density at radius 3 is 2.61 bits per heavy atom. The third kappa shape index (κ3) is 3.78. The Balaban J connectivity index is 2.32. The van der Waals surface area contributed by atoms with E-state index in [-0.39, 0.29) is 12.5 Å². The molecule has 0 aliphatic carbocycles. The highest BCUT2D eigenvalue weighted by Crippen LogP contribution is 2.26. The first-order chi connectivity index (χ1) is 11.0. The zero-order valence-electron chi connectivity index (χ0n) is 13.4. The highest BCUT2D eigenvalue weighted by molar-refractivity contribution is 5.89. The van der Waals surface area contributed by atoms with Crippen LogP contribution >= 0.6 is 0 Å². The number of nitrogens with zero attached hydrogens (tertiary/aromatic N) is 1. The molecule has 0 bridgehead atoms. The molecule has 0 heterocycles. The number of hydrogen-bond donors (Lipinski definition) is 2. The van der Waals surface area contributed by atoms with Gasteiger partial charge in [-0.1, -0.05) is 36.4 Å². The standard InChI is InChI=1S/C17H20N2O4/c1-4-23-16(20)19-18-15(22-3)17(2,21)14-10-9-12-7-5-6-8-13(12)11-14/h5-11,21H,4H2,1-3H3,(H,19,20)/b18-15+. The van der Waals surface area contributed by atoms with E-state index in [0.29, 0.717) is 5.56 Å². The molecule has 0 radical (unpaired) electrons. The smallest absolute Gasteiger partial charge is 0.427 e. The van der Waals surface area contributed by atoms with E-state index < -0.39 is 11.7 Å². The number of hydrogen-bond acceptors (Lipinski definition) is 5. The van der Waals surface area contributed by atoms with Gasteiger partial charge >= 0.3 is 6.09 Å². The minimum Gasteiger partial charge on any atom is -0.481 e. The van der Waals surface area contributed by atoms with Gasteiger partial charge in [0.15, 0.2) is 5.60 Å². The van der Waals surface area contributed by atoms with Crippen LogP contribution in [0.5, 0.6) is 0 Å². The molecule has 0 saturated carbocycles. The number of methoxy groups -OCH3 is 1. The van der Waals surface area contributed by atoms with Crippen molar-refractivity contribution in [1.82, 2.24) is 5.43 Å². The summed E-state index contributed by atoms with van der Waals surface area (Å²) in [4.78, 5) is 11.3. The molecular formula is C17H20N2O4. The Kier molecular flexibility index (Phi) is 5.18. The summed E-state index contributed by atoms with van der Waals surface area (Å²) in [6.07, 6.45) is -0.712. The first-order valence-corrected chi connectivity index (χ1v) is 7.25. The normalized spacial score (nSPS) is 14.2. The average Bonchev–Trinajstić information content (AvgIpc) is 2.55. The van der Waals surface area contributed by atoms with Gasteiger partial charge in [0.1, 0.15) is 0 Å². The summed E-state index contributed by atoms with van der Waals surface area (Å²) in [5.74, 6) is -0.0409. The van der Waals surface area contributed by atoms with Crippen molar-refractivity contribution in [3.8, 4) is 0 Å². The van der Waals surface area contributed by atoms with Gasteiger partial charge in [-0.2, -0.15) is 0 Å². The molecule has 2 N–H and O–H groups in total. The predicted octanol–water partition coefficient (Wildman–Crippen LogP) is 2.75. The SMILES string of the molecule is CCOC(=O)N/N=C(/OC)C(C)(O)c1ccc2ccccc2c1. The number of ether oxygens (including phenoxy) is 2. The first kappa shape index (κ1) is 16.8. The van der Waals surface area contributed by atoms with Crippen molar-refractivity contribution in [2.45, 2.75) is 19.4 Å². The van der Waals surface area contributed by atoms with Crippen LogP contribution in [0.2, 0.25) is 0 Å². The Labute approximate surface area is 134 Å². The Morgan fingerprint density at radius 2 is 1.96 bits per heavy atom. The number of carbonyl (C=O) groups is 1. The molecule has 1 atom stereocenters. The van der Waals surface area contributed by atoms with E-state index in [1.807, 2.05) is 36.4 Å². The van der Waals surface area contributed by atoms with Gasteiger partial charge in [0, 0.05) is 0 Å². The fourth-order valence-corrected chi connectivity index (χ4v) is 2.23. The molecular weight excluding hydrogens is 296 g/mol. The molecule has 0 aliphatic heterocycles. The number of fused-ring (bicyclic) bond motifs is 1. The summed E-state index contributed by atoms with van der Waals surface area (Å²) < 4.78 is 9.86. The second-order valence-electron chi connectivity index (χ2n) is 5.09. The molecule has 6 nitrogen and oxygen atoms in total. The Bertz CT molecular complexity index is 725. The van der Waals surface area contributed by atoms with E-state index in [2.05, 4.69) is 10.5 Å². The molecule has 1 amide bonds. The van der Waals surface area contributed by atoms with Crippen molar-refractivity contribution in [1.29, 1.82) is 0 Å². The molecule has 6 heteroatoms. The van der Waals surface area contributed by atoms with Gasteiger partial charge in [0.2, 0.25) is 5.90 Å². The van der Waals surface area contributed by atoms with E-state index in [4.69, 9.17) is 9.47 Å². The van der Waals surface area contributed by atoms with Gasteiger partial charge in [0.05, 0.1) is 13.7 Å². The largest absolute Gasteiger partial charge is 0.481 e. The first-order valence-electron chi connectivity index (χ1n) is 7.25. The molecule has 1 unspecified atom stereocenters. The van der Waals surface area contributed by atoms with Crippen molar-refractivity contribution in [2.24, 2.45) is 5.10 Å². The number of hydrazone groups is 1. The molecule has 23 heavy (non-hydrogen) atoms. The number of aliphatic hydroxyl groups is 1. The van der Waals surface area contributed by atoms with E-state index in [0.717, 1.165) is 10.8 Å². The van der Waals surface area contributed by atoms with Crippen LogP contribution in [0.25, 0.3) is 10.8 Å². The minimum absolute atomic E-state index is 0.0409. The van der Waals surface area contributed by atoms with Crippen molar-refractivity contribution in [3.63, 3.8) is 0 Å². The van der Waals surface area contributed by atoms with Gasteiger partial charge in [-0.25, -0.2) is 10.2 Å². The fourth-order valence-electron chi connectivity index (χ4n) is 2.23. The van der Waals surface area contributed by atoms with Crippen LogP contribution in [0.3, 0.4) is 0 Å². The van der Waals surface area contributed by atoms with E-state index in [1.54, 1.807) is 19.9 Å². The van der Waals surface area contributed by atoms with Crippen molar-refractivity contribution in [2.75, 3.05) is 13.7 Å². The summed E-state index contributed by atoms with van der Waals surface area (Å²) in [7, 11) is 1.38. The maximum Gasteiger partial charge on any atom is 0.427 e. The molecule has 2 aromatic carbocycles. The molecule has 0 aromatic heterocycles. The maximum atomic E-state index is 11.3. The third-order valence-electron chi connectivity index (χ3n) is 3.45. The number of amides is 1. The lowest BCUT2D eigenvalue weighted by atomic mass is 9.93. The lowest BCUT2D eigenvalue weighted by Crippen LogP contribution is -2.36. The van der Waals surface area contributed by atoms with Crippen LogP contribution in [0, 0.1) is 0 Å². The zero-order chi connectivity index (χ0) is 16.9. The van der Waals surface area contributed by atoms with Crippen LogP contribution in [-0.4, -0.2) is 30.8 Å². The third-order valence-corrected chi connectivity index (χ3v) is 3.45. The second-order valence-corrected chi connectivity index (χ2v) is 5.09. The number of benzene rings is 2. The van der Waals surface area contributed by atoms with Gasteiger partial charge in [-0.05, 0) is 36.2 Å². The number of rotatable bonds is 4. The minimum atomic E-state index is -1.50. The van der Waals surface area contributed by atoms with E-state index in [9.17, 15) is 9.90 Å². The summed E-state index contributed by atoms with van der Waals surface area (Å²) in [6.45, 7) is 3.46. The van der Waals surface area contributed by atoms with Crippen LogP contribution in [0.4, 0.5) is 4.79 Å². The van der Waals surface area contributed by atoms with Crippen LogP contribution < -0.4 is 5.43 Å². The van der Waals surface area contributed by atoms with Crippen molar-refractivity contribution < 1.29 is 19.4 Å². The topological polar surface area (TPSA) is 80.2 Å². The molecule has 0 fully saturated rings. The highest BCUT2D eigenvalue weighted by atomic mass is 16.6. The molecule has 0 spiro atoms. The van der Waals surface area contributed by atoms with Gasteiger partial charge in [0.25, 0.3) is 0 Å². The quantitative estimate of drug-likeness (QED) is 0.516. The average molecular weight is 316 g/mol. The van der Waals surface area contributed by atoms with Gasteiger partial charge in [-0.15, -0.1) is 5.10 Å². The molecule has 0 aliphatic rings. The van der Waals surface area contributed by atoms with E-state index >= 15 is 0 Å². The van der Waals surface area contributed by atoms with Crippen molar-refractivity contribution in [3.05, 3.63) is 48.0 Å². The van der Waals surface area contributed by atoms with Crippen LogP contribution in [0.15, 0.2) is 47.6 Å². The summed E-state index contributed by atoms with van der Waals surface area (Å²) in [6, 6.07) is 13.4. The predicted molar refractivity (Wildman–Crippen MR) is 88.1 cm³/mol. The van der Waals surface area contributed by atoms with Crippen LogP contribution in [0.1, 0.15) is 19.4 Å². The molecule has 2 rings (SSSR count). The maximum absolute atomic E-state index is 11.3. The highest BCUT2D eigenvalue weighted by Gasteiger charge is 2.32. The number of carbonyl (C=O) groups excluding carboxylic acids is 1. The fraction of sp³-hybridized carbons (Fsp3) is 0.294. The molecule has 122 valence electrons. The van der Waals surface area contributed by atoms with Gasteiger partial charge < -0.3 is 14.6 Å². The van der Waals surface area contributed by atoms with Crippen molar-refractivity contribution >= 4 is 22.8 Å². The van der Waals surface area contributed by atoms with Gasteiger partial charge in [-0.3, -0.25) is 0 Å². The monoisotopic (exact) mass is 316 g/mol. The molecule has 2 aromatic rings. The zero-order valence-corrected chi connectivity index (χ0v) is 13.4. The van der Waals surface area contributed by atoms with E-state index in [1.165, 1.54) is 7.11 Å². The van der Waals surface area contributed by atoms with Crippen LogP contribution in [-0.2, 0) is 15.1 Å². The Hall–Kier alpha value is -2.60. The Morgan fingerprint density at radius 1 is 1.26 bits per heavy atom. The summed E-state index contributed by atoms with van der Waals surface area (Å²) in [5.41, 5.74) is 1.29. The second kappa shape index (κ2) is 7.11. The summed E-state index contributed by atoms with van der Waals surface area (Å²) >= 11 is 0. The lowest BCUT2D eigenvalue weighted by molar-refractivity contribution is 0.101. The molecule has 0 saturated heterocycles. The number of nitrogens with one attached hydrogen (secondary N) is 1. The summed E-state index contributed by atoms with van der Waals surface area (Å²) in [5, 5.41) is 16.7.